The van der Waals surface area contributed by atoms with Gasteiger partial charge in [-0.25, -0.2) is 4.98 Å². The molecule has 0 spiro atoms. The van der Waals surface area contributed by atoms with E-state index in [-0.39, 0.29) is 23.5 Å². The molecule has 0 atom stereocenters. The fraction of sp³-hybridized carbons (Fsp3) is 0.350. The lowest BCUT2D eigenvalue weighted by molar-refractivity contribution is -0.137. The fourth-order valence-corrected chi connectivity index (χ4v) is 3.17. The van der Waals surface area contributed by atoms with Crippen LogP contribution in [0.25, 0.3) is 0 Å². The summed E-state index contributed by atoms with van der Waals surface area (Å²) in [6.45, 7) is 6.46. The quantitative estimate of drug-likeness (QED) is 0.717. The number of likely N-dealkylation sites (tertiary alicyclic amines) is 1. The molecule has 8 heteroatoms. The molecular weight excluding hydrogens is 371 g/mol. The van der Waals surface area contributed by atoms with Gasteiger partial charge >= 0.3 is 6.18 Å². The Morgan fingerprint density at radius 1 is 1.21 bits per heavy atom. The number of carbonyl (C=O) groups excluding carboxylic acids is 1. The number of ether oxygens (including phenoxy) is 1. The number of nitrogens with zero attached hydrogens (tertiary/aromatic N) is 3. The van der Waals surface area contributed by atoms with Crippen molar-refractivity contribution in [3.8, 4) is 11.6 Å². The van der Waals surface area contributed by atoms with Gasteiger partial charge in [-0.1, -0.05) is 12.6 Å². The van der Waals surface area contributed by atoms with Crippen LogP contribution in [-0.4, -0.2) is 33.9 Å². The first-order chi connectivity index (χ1) is 13.3. The first-order valence-electron chi connectivity index (χ1n) is 8.86. The molecule has 2 aromatic rings. The molecule has 1 aliphatic heterocycles. The average Bonchev–Trinajstić information content (AvgIpc) is 2.67. The van der Waals surface area contributed by atoms with Gasteiger partial charge in [0.25, 0.3) is 0 Å². The summed E-state index contributed by atoms with van der Waals surface area (Å²) in [5.74, 6) is 0.166. The minimum absolute atomic E-state index is 0.00340. The Balaban J connectivity index is 1.76. The molecule has 0 saturated carbocycles. The van der Waals surface area contributed by atoms with Crippen LogP contribution >= 0.6 is 0 Å². The number of piperidine rings is 1. The third-order valence-corrected chi connectivity index (χ3v) is 4.60. The van der Waals surface area contributed by atoms with Crippen molar-refractivity contribution < 1.29 is 22.7 Å². The summed E-state index contributed by atoms with van der Waals surface area (Å²) in [7, 11) is 0. The number of carbonyl (C=O) groups is 1. The first-order valence-corrected chi connectivity index (χ1v) is 8.86. The van der Waals surface area contributed by atoms with Gasteiger partial charge in [-0.3, -0.25) is 9.78 Å². The largest absolute Gasteiger partial charge is 0.437 e. The molecule has 28 heavy (non-hydrogen) atoms. The van der Waals surface area contributed by atoms with Gasteiger partial charge in [0, 0.05) is 37.0 Å². The summed E-state index contributed by atoms with van der Waals surface area (Å²) in [6.07, 6.45) is -0.160. The third-order valence-electron chi connectivity index (χ3n) is 4.60. The van der Waals surface area contributed by atoms with E-state index in [0.29, 0.717) is 37.2 Å². The zero-order valence-electron chi connectivity index (χ0n) is 15.4. The standard InChI is InChI=1S/C20H20F3N3O2/c1-13(2)19(27)26-10-6-14(7-11-26)17-18(25-9-8-24-17)28-16-5-3-4-15(12-16)20(21,22)23/h3-5,8-9,12,14H,1,6-7,10-11H2,2H3. The molecule has 1 aliphatic rings. The summed E-state index contributed by atoms with van der Waals surface area (Å²) in [4.78, 5) is 22.3. The van der Waals surface area contributed by atoms with Crippen molar-refractivity contribution >= 4 is 5.91 Å². The molecular formula is C20H20F3N3O2. The molecule has 1 fully saturated rings. The highest BCUT2D eigenvalue weighted by molar-refractivity contribution is 5.92. The molecule has 1 saturated heterocycles. The van der Waals surface area contributed by atoms with Crippen LogP contribution < -0.4 is 4.74 Å². The van der Waals surface area contributed by atoms with Gasteiger partial charge in [-0.05, 0) is 38.0 Å². The van der Waals surface area contributed by atoms with Gasteiger partial charge in [0.2, 0.25) is 11.8 Å². The topological polar surface area (TPSA) is 55.3 Å². The molecule has 5 nitrogen and oxygen atoms in total. The van der Waals surface area contributed by atoms with E-state index in [0.717, 1.165) is 12.1 Å². The Bertz CT molecular complexity index is 875. The van der Waals surface area contributed by atoms with Crippen LogP contribution in [0.4, 0.5) is 13.2 Å². The van der Waals surface area contributed by atoms with E-state index >= 15 is 0 Å². The Kier molecular flexibility index (Phi) is 5.67. The predicted octanol–water partition coefficient (Wildman–Crippen LogP) is 4.57. The maximum atomic E-state index is 12.9. The van der Waals surface area contributed by atoms with Crippen LogP contribution in [0.2, 0.25) is 0 Å². The minimum Gasteiger partial charge on any atom is -0.437 e. The van der Waals surface area contributed by atoms with Gasteiger partial charge in [-0.15, -0.1) is 0 Å². The molecule has 0 N–H and O–H groups in total. The van der Waals surface area contributed by atoms with E-state index in [1.165, 1.54) is 24.5 Å². The average molecular weight is 391 g/mol. The van der Waals surface area contributed by atoms with Crippen LogP contribution in [-0.2, 0) is 11.0 Å². The lowest BCUT2D eigenvalue weighted by atomic mass is 9.93. The number of amides is 1. The van der Waals surface area contributed by atoms with Crippen LogP contribution in [0.15, 0.2) is 48.8 Å². The van der Waals surface area contributed by atoms with Crippen LogP contribution in [0.5, 0.6) is 11.6 Å². The van der Waals surface area contributed by atoms with E-state index in [2.05, 4.69) is 16.5 Å². The lowest BCUT2D eigenvalue weighted by Crippen LogP contribution is -2.38. The van der Waals surface area contributed by atoms with Crippen molar-refractivity contribution in [2.24, 2.45) is 0 Å². The van der Waals surface area contributed by atoms with Crippen LogP contribution in [0, 0.1) is 0 Å². The van der Waals surface area contributed by atoms with Gasteiger partial charge in [0.1, 0.15) is 11.4 Å². The van der Waals surface area contributed by atoms with Crippen LogP contribution in [0.1, 0.15) is 36.9 Å². The minimum atomic E-state index is -4.45. The van der Waals surface area contributed by atoms with Crippen molar-refractivity contribution in [3.63, 3.8) is 0 Å². The second-order valence-electron chi connectivity index (χ2n) is 6.72. The lowest BCUT2D eigenvalue weighted by Gasteiger charge is -2.32. The SMILES string of the molecule is C=C(C)C(=O)N1CCC(c2nccnc2Oc2cccc(C(F)(F)F)c2)CC1. The van der Waals surface area contributed by atoms with Gasteiger partial charge in [0.05, 0.1) is 5.56 Å². The molecule has 148 valence electrons. The van der Waals surface area contributed by atoms with Crippen molar-refractivity contribution in [2.45, 2.75) is 31.9 Å². The molecule has 3 rings (SSSR count). The fourth-order valence-electron chi connectivity index (χ4n) is 3.17. The molecule has 0 radical (unpaired) electrons. The highest BCUT2D eigenvalue weighted by Crippen LogP contribution is 2.36. The number of halogens is 3. The van der Waals surface area contributed by atoms with Gasteiger partial charge < -0.3 is 9.64 Å². The Hall–Kier alpha value is -2.90. The van der Waals surface area contributed by atoms with Crippen molar-refractivity contribution in [1.29, 1.82) is 0 Å². The molecule has 1 aromatic carbocycles. The van der Waals surface area contributed by atoms with E-state index in [1.54, 1.807) is 11.8 Å². The zero-order chi connectivity index (χ0) is 20.3. The van der Waals surface area contributed by atoms with Crippen molar-refractivity contribution in [1.82, 2.24) is 14.9 Å². The Morgan fingerprint density at radius 3 is 2.54 bits per heavy atom. The smallest absolute Gasteiger partial charge is 0.416 e. The number of aromatic nitrogens is 2. The van der Waals surface area contributed by atoms with Gasteiger partial charge in [0.15, 0.2) is 0 Å². The van der Waals surface area contributed by atoms with Crippen molar-refractivity contribution in [2.75, 3.05) is 13.1 Å². The second kappa shape index (κ2) is 8.00. The summed E-state index contributed by atoms with van der Waals surface area (Å²) in [5.41, 5.74) is 0.288. The molecule has 1 aromatic heterocycles. The molecule has 0 unspecified atom stereocenters. The number of hydrogen-bond acceptors (Lipinski definition) is 4. The van der Waals surface area contributed by atoms with E-state index in [4.69, 9.17) is 4.74 Å². The van der Waals surface area contributed by atoms with E-state index < -0.39 is 11.7 Å². The molecule has 1 amide bonds. The Morgan fingerprint density at radius 2 is 1.89 bits per heavy atom. The number of benzene rings is 1. The highest BCUT2D eigenvalue weighted by atomic mass is 19.4. The monoisotopic (exact) mass is 391 g/mol. The normalized spacial score (nSPS) is 15.4. The number of hydrogen-bond donors (Lipinski definition) is 0. The van der Waals surface area contributed by atoms with Crippen LogP contribution in [0.3, 0.4) is 0 Å². The summed E-state index contributed by atoms with van der Waals surface area (Å²) in [6, 6.07) is 4.66. The Labute approximate surface area is 160 Å². The highest BCUT2D eigenvalue weighted by Gasteiger charge is 2.31. The zero-order valence-corrected chi connectivity index (χ0v) is 15.4. The number of rotatable bonds is 4. The van der Waals surface area contributed by atoms with Crippen molar-refractivity contribution in [3.05, 3.63) is 60.1 Å². The molecule has 0 aliphatic carbocycles. The summed E-state index contributed by atoms with van der Waals surface area (Å²) in [5, 5.41) is 0. The first kappa shape index (κ1) is 19.9. The predicted molar refractivity (Wildman–Crippen MR) is 96.9 cm³/mol. The van der Waals surface area contributed by atoms with E-state index in [9.17, 15) is 18.0 Å². The summed E-state index contributed by atoms with van der Waals surface area (Å²) >= 11 is 0. The number of alkyl halides is 3. The van der Waals surface area contributed by atoms with E-state index in [1.807, 2.05) is 0 Å². The molecule has 2 heterocycles. The second-order valence-corrected chi connectivity index (χ2v) is 6.72. The maximum absolute atomic E-state index is 12.9. The third kappa shape index (κ3) is 4.49. The molecule has 0 bridgehead atoms. The van der Waals surface area contributed by atoms with Gasteiger partial charge in [-0.2, -0.15) is 13.2 Å². The maximum Gasteiger partial charge on any atom is 0.416 e. The summed E-state index contributed by atoms with van der Waals surface area (Å²) < 4.78 is 44.4.